The van der Waals surface area contributed by atoms with Crippen molar-refractivity contribution in [2.45, 2.75) is 5.88 Å². The van der Waals surface area contributed by atoms with Crippen molar-refractivity contribution in [1.82, 2.24) is 9.38 Å². The number of halogens is 1. The Bertz CT molecular complexity index is 507. The molecule has 0 N–H and O–H groups in total. The van der Waals surface area contributed by atoms with Crippen LogP contribution in [0.15, 0.2) is 24.4 Å². The SMILES string of the molecule is COC(=O)c1cccc2nc(CCl)cn12. The number of hydrogen-bond donors (Lipinski definition) is 0. The van der Waals surface area contributed by atoms with Crippen molar-refractivity contribution in [1.29, 1.82) is 0 Å². The Morgan fingerprint density at radius 1 is 1.60 bits per heavy atom. The molecule has 0 saturated heterocycles. The Morgan fingerprint density at radius 3 is 3.07 bits per heavy atom. The van der Waals surface area contributed by atoms with Crippen LogP contribution in [0.4, 0.5) is 0 Å². The van der Waals surface area contributed by atoms with Crippen molar-refractivity contribution in [3.63, 3.8) is 0 Å². The molecule has 2 rings (SSSR count). The largest absolute Gasteiger partial charge is 0.464 e. The first-order chi connectivity index (χ1) is 7.26. The highest BCUT2D eigenvalue weighted by Gasteiger charge is 2.11. The van der Waals surface area contributed by atoms with Crippen LogP contribution in [-0.2, 0) is 10.6 Å². The third-order valence-electron chi connectivity index (χ3n) is 2.07. The number of carbonyl (C=O) groups excluding carboxylic acids is 1. The summed E-state index contributed by atoms with van der Waals surface area (Å²) in [6.07, 6.45) is 1.73. The molecule has 2 aromatic rings. The van der Waals surface area contributed by atoms with Gasteiger partial charge in [-0.15, -0.1) is 11.6 Å². The smallest absolute Gasteiger partial charge is 0.355 e. The molecule has 2 heterocycles. The fourth-order valence-electron chi connectivity index (χ4n) is 1.40. The Kier molecular flexibility index (Phi) is 2.60. The lowest BCUT2D eigenvalue weighted by molar-refractivity contribution is 0.0592. The lowest BCUT2D eigenvalue weighted by Gasteiger charge is -2.01. The average molecular weight is 225 g/mol. The van der Waals surface area contributed by atoms with Crippen LogP contribution in [0.3, 0.4) is 0 Å². The van der Waals surface area contributed by atoms with Crippen molar-refractivity contribution < 1.29 is 9.53 Å². The number of pyridine rings is 1. The normalized spacial score (nSPS) is 10.5. The molecule has 0 bridgehead atoms. The van der Waals surface area contributed by atoms with Crippen LogP contribution in [0, 0.1) is 0 Å². The van der Waals surface area contributed by atoms with Crippen molar-refractivity contribution >= 4 is 23.2 Å². The van der Waals surface area contributed by atoms with Crippen LogP contribution in [0.1, 0.15) is 16.2 Å². The summed E-state index contributed by atoms with van der Waals surface area (Å²) < 4.78 is 6.34. The van der Waals surface area contributed by atoms with Gasteiger partial charge >= 0.3 is 5.97 Å². The van der Waals surface area contributed by atoms with Gasteiger partial charge in [0.05, 0.1) is 18.7 Å². The van der Waals surface area contributed by atoms with E-state index >= 15 is 0 Å². The molecule has 0 spiro atoms. The third kappa shape index (κ3) is 1.68. The fraction of sp³-hybridized carbons (Fsp3) is 0.200. The van der Waals surface area contributed by atoms with Crippen molar-refractivity contribution in [3.8, 4) is 0 Å². The topological polar surface area (TPSA) is 43.6 Å². The lowest BCUT2D eigenvalue weighted by Crippen LogP contribution is -2.06. The van der Waals surface area contributed by atoms with E-state index in [1.807, 2.05) is 6.07 Å². The number of esters is 1. The van der Waals surface area contributed by atoms with E-state index in [0.717, 1.165) is 5.69 Å². The first kappa shape index (κ1) is 9.98. The number of nitrogens with zero attached hydrogens (tertiary/aromatic N) is 2. The number of methoxy groups -OCH3 is 1. The number of ether oxygens (including phenoxy) is 1. The predicted molar refractivity (Wildman–Crippen MR) is 56.1 cm³/mol. The standard InChI is InChI=1S/C10H9ClN2O2/c1-15-10(14)8-3-2-4-9-12-7(5-11)6-13(8)9/h2-4,6H,5H2,1H3. The van der Waals surface area contributed by atoms with E-state index in [4.69, 9.17) is 11.6 Å². The highest BCUT2D eigenvalue weighted by atomic mass is 35.5. The zero-order valence-corrected chi connectivity index (χ0v) is 8.86. The second-order valence-electron chi connectivity index (χ2n) is 3.00. The third-order valence-corrected chi connectivity index (χ3v) is 2.35. The number of carbonyl (C=O) groups is 1. The zero-order valence-electron chi connectivity index (χ0n) is 8.11. The molecule has 15 heavy (non-hydrogen) atoms. The molecule has 0 aliphatic carbocycles. The molecule has 0 amide bonds. The van der Waals surface area contributed by atoms with E-state index < -0.39 is 0 Å². The maximum atomic E-state index is 11.4. The van der Waals surface area contributed by atoms with E-state index in [9.17, 15) is 4.79 Å². The predicted octanol–water partition coefficient (Wildman–Crippen LogP) is 1.86. The number of aromatic nitrogens is 2. The monoisotopic (exact) mass is 224 g/mol. The summed E-state index contributed by atoms with van der Waals surface area (Å²) in [7, 11) is 1.35. The van der Waals surface area contributed by atoms with Gasteiger partial charge in [-0.1, -0.05) is 6.07 Å². The Labute approximate surface area is 91.4 Å². The summed E-state index contributed by atoms with van der Waals surface area (Å²) in [6, 6.07) is 5.24. The molecule has 0 aliphatic heterocycles. The Morgan fingerprint density at radius 2 is 2.40 bits per heavy atom. The van der Waals surface area contributed by atoms with Gasteiger partial charge in [-0.3, -0.25) is 4.40 Å². The van der Waals surface area contributed by atoms with Crippen LogP contribution in [0.2, 0.25) is 0 Å². The first-order valence-electron chi connectivity index (χ1n) is 4.37. The molecule has 2 aromatic heterocycles. The minimum atomic E-state index is -0.390. The maximum Gasteiger partial charge on any atom is 0.355 e. The second kappa shape index (κ2) is 3.90. The molecule has 5 heteroatoms. The minimum absolute atomic E-state index is 0.322. The summed E-state index contributed by atoms with van der Waals surface area (Å²) in [5.74, 6) is -0.0680. The van der Waals surface area contributed by atoms with Gasteiger partial charge in [0.25, 0.3) is 0 Å². The van der Waals surface area contributed by atoms with Crippen LogP contribution in [0.25, 0.3) is 5.65 Å². The van der Waals surface area contributed by atoms with Gasteiger partial charge in [-0.25, -0.2) is 9.78 Å². The highest BCUT2D eigenvalue weighted by molar-refractivity contribution is 6.16. The summed E-state index contributed by atoms with van der Waals surface area (Å²) in [6.45, 7) is 0. The van der Waals surface area contributed by atoms with Crippen LogP contribution in [0.5, 0.6) is 0 Å². The average Bonchev–Trinajstić information content (AvgIpc) is 2.70. The van der Waals surface area contributed by atoms with Crippen molar-refractivity contribution in [2.24, 2.45) is 0 Å². The summed E-state index contributed by atoms with van der Waals surface area (Å²) in [5, 5.41) is 0. The molecular weight excluding hydrogens is 216 g/mol. The fourth-order valence-corrected chi connectivity index (χ4v) is 1.53. The number of hydrogen-bond acceptors (Lipinski definition) is 3. The van der Waals surface area contributed by atoms with E-state index in [1.54, 1.807) is 22.7 Å². The van der Waals surface area contributed by atoms with Gasteiger partial charge in [-0.05, 0) is 12.1 Å². The molecule has 4 nitrogen and oxygen atoms in total. The summed E-state index contributed by atoms with van der Waals surface area (Å²) >= 11 is 5.67. The van der Waals surface area contributed by atoms with Crippen molar-refractivity contribution in [2.75, 3.05) is 7.11 Å². The number of fused-ring (bicyclic) bond motifs is 1. The molecule has 78 valence electrons. The summed E-state index contributed by atoms with van der Waals surface area (Å²) in [5.41, 5.74) is 1.86. The maximum absolute atomic E-state index is 11.4. The molecular formula is C10H9ClN2O2. The second-order valence-corrected chi connectivity index (χ2v) is 3.26. The van der Waals surface area contributed by atoms with E-state index in [1.165, 1.54) is 7.11 Å². The molecule has 0 aliphatic rings. The number of imidazole rings is 1. The summed E-state index contributed by atoms with van der Waals surface area (Å²) in [4.78, 5) is 15.7. The van der Waals surface area contributed by atoms with Gasteiger partial charge < -0.3 is 4.74 Å². The van der Waals surface area contributed by atoms with E-state index in [0.29, 0.717) is 17.2 Å². The van der Waals surface area contributed by atoms with Gasteiger partial charge in [0, 0.05) is 6.20 Å². The molecule has 0 unspecified atom stereocenters. The van der Waals surface area contributed by atoms with E-state index in [-0.39, 0.29) is 5.97 Å². The minimum Gasteiger partial charge on any atom is -0.464 e. The van der Waals surface area contributed by atoms with Gasteiger partial charge in [0.2, 0.25) is 0 Å². The van der Waals surface area contributed by atoms with Gasteiger partial charge in [-0.2, -0.15) is 0 Å². The van der Waals surface area contributed by atoms with Crippen LogP contribution in [-0.4, -0.2) is 22.5 Å². The van der Waals surface area contributed by atoms with Crippen LogP contribution >= 0.6 is 11.6 Å². The molecule has 0 saturated carbocycles. The molecule has 0 fully saturated rings. The number of rotatable bonds is 2. The lowest BCUT2D eigenvalue weighted by atomic mass is 10.3. The highest BCUT2D eigenvalue weighted by Crippen LogP contribution is 2.11. The molecule has 0 atom stereocenters. The Hall–Kier alpha value is -1.55. The first-order valence-corrected chi connectivity index (χ1v) is 4.91. The van der Waals surface area contributed by atoms with Crippen LogP contribution < -0.4 is 0 Å². The van der Waals surface area contributed by atoms with E-state index in [2.05, 4.69) is 9.72 Å². The Balaban J connectivity index is 2.64. The van der Waals surface area contributed by atoms with Crippen molar-refractivity contribution in [3.05, 3.63) is 35.8 Å². The quantitative estimate of drug-likeness (QED) is 0.578. The van der Waals surface area contributed by atoms with Gasteiger partial charge in [0.15, 0.2) is 0 Å². The van der Waals surface area contributed by atoms with Gasteiger partial charge in [0.1, 0.15) is 11.3 Å². The number of alkyl halides is 1. The molecule has 0 radical (unpaired) electrons. The molecule has 0 aromatic carbocycles. The zero-order chi connectivity index (χ0) is 10.8.